The minimum absolute atomic E-state index is 0.156. The van der Waals surface area contributed by atoms with Gasteiger partial charge in [-0.25, -0.2) is 0 Å². The summed E-state index contributed by atoms with van der Waals surface area (Å²) < 4.78 is 5.61. The van der Waals surface area contributed by atoms with Gasteiger partial charge < -0.3 is 10.5 Å². The smallest absolute Gasteiger partial charge is 0.123 e. The molecule has 0 saturated carbocycles. The van der Waals surface area contributed by atoms with E-state index in [-0.39, 0.29) is 5.25 Å². The fourth-order valence-corrected chi connectivity index (χ4v) is 3.77. The number of thioether (sulfide) groups is 1. The summed E-state index contributed by atoms with van der Waals surface area (Å²) in [6, 6.07) is 22.9. The Balaban J connectivity index is 2.09. The van der Waals surface area contributed by atoms with Crippen LogP contribution < -0.4 is 10.5 Å². The molecule has 2 nitrogen and oxygen atoms in total. The number of rotatable bonds is 5. The number of hydrogen-bond acceptors (Lipinski definition) is 3. The maximum atomic E-state index is 6.09. The Morgan fingerprint density at radius 2 is 1.68 bits per heavy atom. The van der Waals surface area contributed by atoms with Gasteiger partial charge in [-0.2, -0.15) is 0 Å². The zero-order valence-corrected chi connectivity index (χ0v) is 13.3. The van der Waals surface area contributed by atoms with Crippen LogP contribution in [-0.4, -0.2) is 13.7 Å². The maximum absolute atomic E-state index is 6.09. The van der Waals surface area contributed by atoms with Crippen LogP contribution in [0.3, 0.4) is 0 Å². The Labute approximate surface area is 135 Å². The molecule has 3 heteroatoms. The van der Waals surface area contributed by atoms with E-state index in [0.29, 0.717) is 6.54 Å². The fraction of sp³-hybridized carbons (Fsp3) is 0.158. The minimum atomic E-state index is 0.156. The average molecular weight is 309 g/mol. The third kappa shape index (κ3) is 2.96. The maximum Gasteiger partial charge on any atom is 0.123 e. The van der Waals surface area contributed by atoms with Crippen LogP contribution in [0.15, 0.2) is 71.6 Å². The molecule has 0 aliphatic heterocycles. The van der Waals surface area contributed by atoms with Gasteiger partial charge in [-0.05, 0) is 29.0 Å². The second kappa shape index (κ2) is 6.86. The Bertz CT molecular complexity index is 758. The molecule has 22 heavy (non-hydrogen) atoms. The molecule has 0 spiro atoms. The molecule has 0 aliphatic rings. The number of nitrogens with two attached hydrogens (primary N) is 1. The lowest BCUT2D eigenvalue weighted by molar-refractivity contribution is 0.410. The third-order valence-electron chi connectivity index (χ3n) is 3.71. The van der Waals surface area contributed by atoms with Crippen LogP contribution in [0.2, 0.25) is 0 Å². The molecule has 1 unspecified atom stereocenters. The Hall–Kier alpha value is -1.97. The Morgan fingerprint density at radius 3 is 2.41 bits per heavy atom. The van der Waals surface area contributed by atoms with Crippen molar-refractivity contribution in [1.29, 1.82) is 0 Å². The number of hydrogen-bond donors (Lipinski definition) is 1. The van der Waals surface area contributed by atoms with Crippen molar-refractivity contribution in [3.63, 3.8) is 0 Å². The van der Waals surface area contributed by atoms with Crippen LogP contribution in [0, 0.1) is 0 Å². The van der Waals surface area contributed by atoms with E-state index in [1.165, 1.54) is 21.2 Å². The number of fused-ring (bicyclic) bond motifs is 1. The topological polar surface area (TPSA) is 35.2 Å². The van der Waals surface area contributed by atoms with Crippen molar-refractivity contribution in [1.82, 2.24) is 0 Å². The predicted octanol–water partition coefficient (Wildman–Crippen LogP) is 4.64. The number of benzene rings is 3. The molecular weight excluding hydrogens is 290 g/mol. The Kier molecular flexibility index (Phi) is 4.66. The monoisotopic (exact) mass is 309 g/mol. The van der Waals surface area contributed by atoms with Gasteiger partial charge in [0.25, 0.3) is 0 Å². The highest BCUT2D eigenvalue weighted by Crippen LogP contribution is 2.42. The van der Waals surface area contributed by atoms with Crippen molar-refractivity contribution in [2.24, 2.45) is 5.73 Å². The molecule has 3 aromatic carbocycles. The summed E-state index contributed by atoms with van der Waals surface area (Å²) in [6.45, 7) is 0.559. The molecule has 0 amide bonds. The predicted molar refractivity (Wildman–Crippen MR) is 94.6 cm³/mol. The first-order chi connectivity index (χ1) is 10.8. The van der Waals surface area contributed by atoms with Gasteiger partial charge in [-0.1, -0.05) is 48.5 Å². The van der Waals surface area contributed by atoms with Gasteiger partial charge in [0, 0.05) is 17.0 Å². The average Bonchev–Trinajstić information content (AvgIpc) is 2.59. The summed E-state index contributed by atoms with van der Waals surface area (Å²) in [5.41, 5.74) is 7.27. The summed E-state index contributed by atoms with van der Waals surface area (Å²) in [7, 11) is 1.72. The summed E-state index contributed by atoms with van der Waals surface area (Å²) in [5.74, 6) is 0.901. The molecule has 0 aliphatic carbocycles. The van der Waals surface area contributed by atoms with Crippen molar-refractivity contribution >= 4 is 22.5 Å². The van der Waals surface area contributed by atoms with Crippen LogP contribution in [0.1, 0.15) is 10.8 Å². The number of ether oxygens (including phenoxy) is 1. The van der Waals surface area contributed by atoms with Gasteiger partial charge in [0.1, 0.15) is 5.75 Å². The van der Waals surface area contributed by atoms with E-state index >= 15 is 0 Å². The fourth-order valence-electron chi connectivity index (χ4n) is 2.67. The molecule has 0 fully saturated rings. The first-order valence-electron chi connectivity index (χ1n) is 7.31. The summed E-state index contributed by atoms with van der Waals surface area (Å²) in [4.78, 5) is 1.22. The molecule has 0 saturated heterocycles. The van der Waals surface area contributed by atoms with Crippen LogP contribution in [0.4, 0.5) is 0 Å². The molecule has 2 N–H and O–H groups in total. The van der Waals surface area contributed by atoms with Crippen molar-refractivity contribution in [2.45, 2.75) is 10.1 Å². The third-order valence-corrected chi connectivity index (χ3v) is 4.97. The van der Waals surface area contributed by atoms with E-state index in [2.05, 4.69) is 54.6 Å². The van der Waals surface area contributed by atoms with E-state index < -0.39 is 0 Å². The highest BCUT2D eigenvalue weighted by Gasteiger charge is 2.19. The minimum Gasteiger partial charge on any atom is -0.496 e. The van der Waals surface area contributed by atoms with Gasteiger partial charge >= 0.3 is 0 Å². The zero-order chi connectivity index (χ0) is 15.4. The van der Waals surface area contributed by atoms with Gasteiger partial charge in [-0.3, -0.25) is 0 Å². The molecule has 3 rings (SSSR count). The highest BCUT2D eigenvalue weighted by atomic mass is 32.2. The first-order valence-corrected chi connectivity index (χ1v) is 8.19. The van der Waals surface area contributed by atoms with E-state index in [1.807, 2.05) is 12.1 Å². The lowest BCUT2D eigenvalue weighted by atomic mass is 10.0. The standard InChI is InChI=1S/C19H19NOS/c1-21-17-12-11-14-7-5-6-10-16(14)19(17)18(13-20)22-15-8-3-2-4-9-15/h2-12,18H,13,20H2,1H3. The lowest BCUT2D eigenvalue weighted by Gasteiger charge is -2.20. The second-order valence-corrected chi connectivity index (χ2v) is 6.33. The van der Waals surface area contributed by atoms with Gasteiger partial charge in [0.05, 0.1) is 12.4 Å². The summed E-state index contributed by atoms with van der Waals surface area (Å²) in [6.07, 6.45) is 0. The Morgan fingerprint density at radius 1 is 0.955 bits per heavy atom. The molecule has 3 aromatic rings. The summed E-state index contributed by atoms with van der Waals surface area (Å²) >= 11 is 1.78. The van der Waals surface area contributed by atoms with Crippen molar-refractivity contribution < 1.29 is 4.74 Å². The molecule has 0 radical (unpaired) electrons. The van der Waals surface area contributed by atoms with Gasteiger partial charge in [-0.15, -0.1) is 11.8 Å². The summed E-state index contributed by atoms with van der Waals surface area (Å²) in [5, 5.41) is 2.58. The number of methoxy groups -OCH3 is 1. The van der Waals surface area contributed by atoms with E-state index in [0.717, 1.165) is 5.75 Å². The van der Waals surface area contributed by atoms with Crippen LogP contribution in [0.5, 0.6) is 5.75 Å². The second-order valence-electron chi connectivity index (χ2n) is 5.06. The van der Waals surface area contributed by atoms with Gasteiger partial charge in [0.15, 0.2) is 0 Å². The quantitative estimate of drug-likeness (QED) is 0.697. The molecule has 0 bridgehead atoms. The van der Waals surface area contributed by atoms with Crippen molar-refractivity contribution in [2.75, 3.05) is 13.7 Å². The molecule has 1 atom stereocenters. The van der Waals surface area contributed by atoms with Gasteiger partial charge in [0.2, 0.25) is 0 Å². The molecule has 112 valence electrons. The van der Waals surface area contributed by atoms with E-state index in [1.54, 1.807) is 18.9 Å². The van der Waals surface area contributed by atoms with Crippen LogP contribution >= 0.6 is 11.8 Å². The van der Waals surface area contributed by atoms with E-state index in [9.17, 15) is 0 Å². The first kappa shape index (κ1) is 14.9. The van der Waals surface area contributed by atoms with Crippen LogP contribution in [-0.2, 0) is 0 Å². The molecule has 0 heterocycles. The van der Waals surface area contributed by atoms with Crippen molar-refractivity contribution in [3.8, 4) is 5.75 Å². The molecular formula is C19H19NOS. The highest BCUT2D eigenvalue weighted by molar-refractivity contribution is 7.99. The van der Waals surface area contributed by atoms with Crippen molar-refractivity contribution in [3.05, 3.63) is 72.3 Å². The zero-order valence-electron chi connectivity index (χ0n) is 12.5. The largest absolute Gasteiger partial charge is 0.496 e. The van der Waals surface area contributed by atoms with Crippen LogP contribution in [0.25, 0.3) is 10.8 Å². The normalized spacial score (nSPS) is 12.3. The molecule has 0 aromatic heterocycles. The van der Waals surface area contributed by atoms with E-state index in [4.69, 9.17) is 10.5 Å². The lowest BCUT2D eigenvalue weighted by Crippen LogP contribution is -2.11. The SMILES string of the molecule is COc1ccc2ccccc2c1C(CN)Sc1ccccc1.